The van der Waals surface area contributed by atoms with Crippen LogP contribution in [0.3, 0.4) is 0 Å². The van der Waals surface area contributed by atoms with Crippen molar-refractivity contribution in [3.05, 3.63) is 125 Å². The normalized spacial score (nSPS) is 11.9. The standard InChI is InChI=1S/C28H25BrN2O4S/c1-35-25-18-12-22(13-19-25)28(21-8-4-2-5-9-21)30-27(32)20-31(24-16-14-23(29)15-17-24)36(33,34)26-10-6-3-7-11-26/h2-19,28H,20H2,1H3,(H,30,32)/t28-/m1/s1. The van der Waals surface area contributed by atoms with E-state index >= 15 is 0 Å². The summed E-state index contributed by atoms with van der Waals surface area (Å²) in [7, 11) is -2.40. The van der Waals surface area contributed by atoms with Gasteiger partial charge in [-0.15, -0.1) is 0 Å². The van der Waals surface area contributed by atoms with E-state index < -0.39 is 28.5 Å². The van der Waals surface area contributed by atoms with Gasteiger partial charge in [0.2, 0.25) is 5.91 Å². The number of halogens is 1. The minimum atomic E-state index is -4.00. The Morgan fingerprint density at radius 3 is 1.97 bits per heavy atom. The molecule has 0 aliphatic rings. The minimum absolute atomic E-state index is 0.107. The molecule has 36 heavy (non-hydrogen) atoms. The first-order chi connectivity index (χ1) is 17.4. The molecule has 4 aromatic carbocycles. The third kappa shape index (κ3) is 5.95. The molecule has 8 heteroatoms. The first-order valence-corrected chi connectivity index (χ1v) is 13.4. The van der Waals surface area contributed by atoms with Crippen molar-refractivity contribution >= 4 is 37.5 Å². The number of nitrogens with zero attached hydrogens (tertiary/aromatic N) is 1. The summed E-state index contributed by atoms with van der Waals surface area (Å²) < 4.78 is 34.3. The molecule has 0 aromatic heterocycles. The minimum Gasteiger partial charge on any atom is -0.497 e. The maximum Gasteiger partial charge on any atom is 0.264 e. The molecule has 0 unspecified atom stereocenters. The van der Waals surface area contributed by atoms with Gasteiger partial charge in [0.05, 0.1) is 23.7 Å². The zero-order chi connectivity index (χ0) is 25.5. The first-order valence-electron chi connectivity index (χ1n) is 11.2. The molecule has 6 nitrogen and oxygen atoms in total. The molecular weight excluding hydrogens is 540 g/mol. The molecule has 0 fully saturated rings. The smallest absolute Gasteiger partial charge is 0.264 e. The van der Waals surface area contributed by atoms with Crippen LogP contribution in [-0.2, 0) is 14.8 Å². The third-order valence-corrected chi connectivity index (χ3v) is 7.94. The number of hydrogen-bond donors (Lipinski definition) is 1. The van der Waals surface area contributed by atoms with Gasteiger partial charge in [-0.25, -0.2) is 8.42 Å². The van der Waals surface area contributed by atoms with Gasteiger partial charge in [-0.2, -0.15) is 0 Å². The molecule has 0 saturated carbocycles. The fraction of sp³-hybridized carbons (Fsp3) is 0.107. The Morgan fingerprint density at radius 2 is 1.39 bits per heavy atom. The number of hydrogen-bond acceptors (Lipinski definition) is 4. The van der Waals surface area contributed by atoms with Gasteiger partial charge in [0, 0.05) is 4.47 Å². The summed E-state index contributed by atoms with van der Waals surface area (Å²) in [4.78, 5) is 13.5. The summed E-state index contributed by atoms with van der Waals surface area (Å²) in [6.45, 7) is -0.391. The number of anilines is 1. The third-order valence-electron chi connectivity index (χ3n) is 5.62. The lowest BCUT2D eigenvalue weighted by Gasteiger charge is -2.26. The van der Waals surface area contributed by atoms with Crippen LogP contribution in [0, 0.1) is 0 Å². The lowest BCUT2D eigenvalue weighted by Crippen LogP contribution is -2.42. The second-order valence-electron chi connectivity index (χ2n) is 7.99. The fourth-order valence-electron chi connectivity index (χ4n) is 3.78. The second-order valence-corrected chi connectivity index (χ2v) is 10.8. The van der Waals surface area contributed by atoms with Crippen LogP contribution in [0.5, 0.6) is 5.75 Å². The van der Waals surface area contributed by atoms with E-state index in [9.17, 15) is 13.2 Å². The molecule has 4 rings (SSSR count). The number of ether oxygens (including phenoxy) is 1. The van der Waals surface area contributed by atoms with Crippen LogP contribution in [-0.4, -0.2) is 28.0 Å². The van der Waals surface area contributed by atoms with Crippen molar-refractivity contribution in [1.82, 2.24) is 5.32 Å². The number of carbonyl (C=O) groups excluding carboxylic acids is 1. The van der Waals surface area contributed by atoms with Gasteiger partial charge < -0.3 is 10.1 Å². The summed E-state index contributed by atoms with van der Waals surface area (Å²) >= 11 is 3.38. The summed E-state index contributed by atoms with van der Waals surface area (Å²) in [6, 6.07) is 31.4. The van der Waals surface area contributed by atoms with Gasteiger partial charge >= 0.3 is 0 Å². The van der Waals surface area contributed by atoms with Gasteiger partial charge in [0.15, 0.2) is 0 Å². The zero-order valence-corrected chi connectivity index (χ0v) is 21.9. The first kappa shape index (κ1) is 25.5. The fourth-order valence-corrected chi connectivity index (χ4v) is 5.49. The Balaban J connectivity index is 1.66. The van der Waals surface area contributed by atoms with E-state index in [1.165, 1.54) is 12.1 Å². The summed E-state index contributed by atoms with van der Waals surface area (Å²) in [5.74, 6) is 0.259. The van der Waals surface area contributed by atoms with Crippen molar-refractivity contribution < 1.29 is 17.9 Å². The molecule has 0 bridgehead atoms. The Morgan fingerprint density at radius 1 is 0.833 bits per heavy atom. The molecule has 0 spiro atoms. The number of rotatable bonds is 9. The van der Waals surface area contributed by atoms with Gasteiger partial charge in [-0.1, -0.05) is 76.6 Å². The second kappa shape index (κ2) is 11.4. The van der Waals surface area contributed by atoms with Crippen molar-refractivity contribution in [2.45, 2.75) is 10.9 Å². The molecule has 0 saturated heterocycles. The molecule has 0 aliphatic carbocycles. The van der Waals surface area contributed by atoms with E-state index in [1.807, 2.05) is 54.6 Å². The van der Waals surface area contributed by atoms with E-state index in [0.717, 1.165) is 19.9 Å². The molecule has 4 aromatic rings. The van der Waals surface area contributed by atoms with Crippen molar-refractivity contribution in [3.8, 4) is 5.75 Å². The van der Waals surface area contributed by atoms with Crippen molar-refractivity contribution in [2.75, 3.05) is 18.0 Å². The molecule has 0 heterocycles. The molecule has 1 amide bonds. The van der Waals surface area contributed by atoms with Crippen LogP contribution in [0.15, 0.2) is 119 Å². The van der Waals surface area contributed by atoms with E-state index in [0.29, 0.717) is 11.4 Å². The van der Waals surface area contributed by atoms with E-state index in [-0.39, 0.29) is 4.90 Å². The van der Waals surface area contributed by atoms with Crippen molar-refractivity contribution in [2.24, 2.45) is 0 Å². The maximum atomic E-state index is 13.6. The molecule has 0 radical (unpaired) electrons. The van der Waals surface area contributed by atoms with Crippen molar-refractivity contribution in [3.63, 3.8) is 0 Å². The van der Waals surface area contributed by atoms with Crippen molar-refractivity contribution in [1.29, 1.82) is 0 Å². The van der Waals surface area contributed by atoms with Gasteiger partial charge in [0.1, 0.15) is 12.3 Å². The Labute approximate surface area is 219 Å². The lowest BCUT2D eigenvalue weighted by molar-refractivity contribution is -0.120. The predicted octanol–water partition coefficient (Wildman–Crippen LogP) is 5.56. The molecular formula is C28H25BrN2O4S. The lowest BCUT2D eigenvalue weighted by atomic mass is 9.98. The Kier molecular flexibility index (Phi) is 8.07. The monoisotopic (exact) mass is 564 g/mol. The van der Waals surface area contributed by atoms with Gasteiger partial charge in [0.25, 0.3) is 10.0 Å². The van der Waals surface area contributed by atoms with Gasteiger partial charge in [-0.3, -0.25) is 9.10 Å². The maximum absolute atomic E-state index is 13.6. The highest BCUT2D eigenvalue weighted by Crippen LogP contribution is 2.27. The molecule has 184 valence electrons. The van der Waals surface area contributed by atoms with E-state index in [4.69, 9.17) is 4.74 Å². The quantitative estimate of drug-likeness (QED) is 0.289. The van der Waals surface area contributed by atoms with Crippen LogP contribution in [0.2, 0.25) is 0 Å². The van der Waals surface area contributed by atoms with Crippen LogP contribution in [0.25, 0.3) is 0 Å². The molecule has 1 N–H and O–H groups in total. The summed E-state index contributed by atoms with van der Waals surface area (Å²) in [6.07, 6.45) is 0. The molecule has 0 aliphatic heterocycles. The van der Waals surface area contributed by atoms with Crippen LogP contribution in [0.4, 0.5) is 5.69 Å². The Hall–Kier alpha value is -3.62. The SMILES string of the molecule is COc1ccc([C@H](NC(=O)CN(c2ccc(Br)cc2)S(=O)(=O)c2ccccc2)c2ccccc2)cc1. The van der Waals surface area contributed by atoms with E-state index in [1.54, 1.807) is 49.6 Å². The topological polar surface area (TPSA) is 75.7 Å². The number of nitrogens with one attached hydrogen (secondary N) is 1. The Bertz CT molecular complexity index is 1400. The largest absolute Gasteiger partial charge is 0.497 e. The highest BCUT2D eigenvalue weighted by atomic mass is 79.9. The highest BCUT2D eigenvalue weighted by Gasteiger charge is 2.28. The zero-order valence-electron chi connectivity index (χ0n) is 19.5. The number of amides is 1. The molecule has 1 atom stereocenters. The number of sulfonamides is 1. The van der Waals surface area contributed by atoms with Crippen LogP contribution < -0.4 is 14.4 Å². The average Bonchev–Trinajstić information content (AvgIpc) is 2.92. The summed E-state index contributed by atoms with van der Waals surface area (Å²) in [5.41, 5.74) is 2.10. The number of methoxy groups -OCH3 is 1. The number of benzene rings is 4. The van der Waals surface area contributed by atoms with Gasteiger partial charge in [-0.05, 0) is 59.7 Å². The predicted molar refractivity (Wildman–Crippen MR) is 145 cm³/mol. The van der Waals surface area contributed by atoms with E-state index in [2.05, 4.69) is 21.2 Å². The van der Waals surface area contributed by atoms with Crippen LogP contribution >= 0.6 is 15.9 Å². The highest BCUT2D eigenvalue weighted by molar-refractivity contribution is 9.10. The van der Waals surface area contributed by atoms with Crippen LogP contribution in [0.1, 0.15) is 17.2 Å². The number of carbonyl (C=O) groups is 1. The average molecular weight is 565 g/mol. The summed E-state index contributed by atoms with van der Waals surface area (Å²) in [5, 5.41) is 3.03.